The summed E-state index contributed by atoms with van der Waals surface area (Å²) in [6.07, 6.45) is 6.34. The molecule has 2 aliphatic rings. The van der Waals surface area contributed by atoms with Crippen LogP contribution in [0, 0.1) is 5.82 Å². The minimum absolute atomic E-state index is 0.209. The molecule has 0 radical (unpaired) electrons. The van der Waals surface area contributed by atoms with Crippen LogP contribution in [0.15, 0.2) is 60.7 Å². The maximum atomic E-state index is 13.2. The Morgan fingerprint density at radius 3 is 2.69 bits per heavy atom. The van der Waals surface area contributed by atoms with E-state index < -0.39 is 0 Å². The lowest BCUT2D eigenvalue weighted by atomic mass is 9.96. The third-order valence-electron chi connectivity index (χ3n) is 6.05. The van der Waals surface area contributed by atoms with Crippen molar-refractivity contribution in [3.63, 3.8) is 0 Å². The molecule has 0 atom stereocenters. The van der Waals surface area contributed by atoms with Crippen LogP contribution in [0.5, 0.6) is 0 Å². The Bertz CT molecular complexity index is 1100. The van der Waals surface area contributed by atoms with E-state index in [1.54, 1.807) is 0 Å². The highest BCUT2D eigenvalue weighted by atomic mass is 19.1. The van der Waals surface area contributed by atoms with Gasteiger partial charge in [0, 0.05) is 26.2 Å². The summed E-state index contributed by atoms with van der Waals surface area (Å²) in [7, 11) is 0. The molecular weight excluding hydrogens is 401 g/mol. The molecule has 5 rings (SSSR count). The van der Waals surface area contributed by atoms with Gasteiger partial charge in [0.1, 0.15) is 17.5 Å². The van der Waals surface area contributed by atoms with E-state index in [4.69, 9.17) is 9.97 Å². The fourth-order valence-corrected chi connectivity index (χ4v) is 4.38. The third kappa shape index (κ3) is 4.59. The highest BCUT2D eigenvalue weighted by Gasteiger charge is 2.27. The molecule has 5 nitrogen and oxygen atoms in total. The van der Waals surface area contributed by atoms with Gasteiger partial charge in [-0.1, -0.05) is 48.5 Å². The number of aromatic nitrogens is 2. The summed E-state index contributed by atoms with van der Waals surface area (Å²) in [6, 6.07) is 17.2. The Labute approximate surface area is 188 Å². The molecule has 3 heterocycles. The second kappa shape index (κ2) is 9.39. The van der Waals surface area contributed by atoms with Crippen molar-refractivity contribution >= 4 is 23.2 Å². The Morgan fingerprint density at radius 2 is 1.84 bits per heavy atom. The van der Waals surface area contributed by atoms with Crippen LogP contribution in [0.25, 0.3) is 5.57 Å². The molecule has 0 saturated carbocycles. The predicted molar refractivity (Wildman–Crippen MR) is 128 cm³/mol. The number of anilines is 3. The smallest absolute Gasteiger partial charge is 0.226 e. The van der Waals surface area contributed by atoms with Crippen LogP contribution >= 0.6 is 0 Å². The number of hydrogen-bond donors (Lipinski definition) is 2. The lowest BCUT2D eigenvalue weighted by Crippen LogP contribution is -2.31. The van der Waals surface area contributed by atoms with Crippen LogP contribution in [-0.2, 0) is 13.0 Å². The van der Waals surface area contributed by atoms with Gasteiger partial charge < -0.3 is 15.5 Å². The molecule has 0 amide bonds. The Hall–Kier alpha value is -3.41. The minimum atomic E-state index is -0.209. The van der Waals surface area contributed by atoms with E-state index in [1.165, 1.54) is 23.3 Å². The number of rotatable bonds is 6. The van der Waals surface area contributed by atoms with Crippen LogP contribution in [0.3, 0.4) is 0 Å². The summed E-state index contributed by atoms with van der Waals surface area (Å²) in [5.74, 6) is 2.34. The molecule has 0 spiro atoms. The summed E-state index contributed by atoms with van der Waals surface area (Å²) >= 11 is 0. The Kier molecular flexibility index (Phi) is 6.01. The fourth-order valence-electron chi connectivity index (χ4n) is 4.38. The molecule has 164 valence electrons. The topological polar surface area (TPSA) is 53.1 Å². The van der Waals surface area contributed by atoms with Crippen LogP contribution in [0.2, 0.25) is 0 Å². The summed E-state index contributed by atoms with van der Waals surface area (Å²) in [5.41, 5.74) is 4.86. The molecule has 2 aromatic carbocycles. The zero-order chi connectivity index (χ0) is 21.8. The number of nitrogens with one attached hydrogen (secondary N) is 2. The standard InChI is InChI=1S/C26H28FN5/c27-22-11-9-19(10-12-22)13-16-29-26-30-24-23-21(8-4-5-15-28-24)14-17-32(25(23)31-26)18-20-6-2-1-3-7-20/h1-3,6-12H,4-5,13-18H2,(H2,28,29,30,31). The molecule has 1 aromatic heterocycles. The summed E-state index contributed by atoms with van der Waals surface area (Å²) in [4.78, 5) is 12.2. The summed E-state index contributed by atoms with van der Waals surface area (Å²) in [6.45, 7) is 3.36. The molecule has 0 fully saturated rings. The number of allylic oxidation sites excluding steroid dienone is 1. The fraction of sp³-hybridized carbons (Fsp3) is 0.308. The van der Waals surface area contributed by atoms with Gasteiger partial charge in [0.2, 0.25) is 5.95 Å². The van der Waals surface area contributed by atoms with Crippen molar-refractivity contribution < 1.29 is 4.39 Å². The van der Waals surface area contributed by atoms with E-state index >= 15 is 0 Å². The number of benzene rings is 2. The summed E-state index contributed by atoms with van der Waals surface area (Å²) in [5, 5.41) is 6.93. The molecule has 2 aliphatic heterocycles. The van der Waals surface area contributed by atoms with Crippen molar-refractivity contribution in [2.45, 2.75) is 32.2 Å². The van der Waals surface area contributed by atoms with Crippen molar-refractivity contribution in [3.8, 4) is 0 Å². The van der Waals surface area contributed by atoms with Crippen LogP contribution in [0.1, 0.15) is 36.0 Å². The van der Waals surface area contributed by atoms with Gasteiger partial charge >= 0.3 is 0 Å². The van der Waals surface area contributed by atoms with Gasteiger partial charge in [-0.05, 0) is 54.5 Å². The van der Waals surface area contributed by atoms with Gasteiger partial charge in [-0.3, -0.25) is 0 Å². The summed E-state index contributed by atoms with van der Waals surface area (Å²) < 4.78 is 13.2. The number of hydrogen-bond acceptors (Lipinski definition) is 5. The molecule has 0 saturated heterocycles. The van der Waals surface area contributed by atoms with Gasteiger partial charge in [0.05, 0.1) is 5.56 Å². The predicted octanol–water partition coefficient (Wildman–Crippen LogP) is 5.27. The van der Waals surface area contributed by atoms with Crippen LogP contribution in [-0.4, -0.2) is 29.6 Å². The van der Waals surface area contributed by atoms with E-state index in [-0.39, 0.29) is 5.82 Å². The van der Waals surface area contributed by atoms with E-state index in [0.717, 1.165) is 68.1 Å². The number of nitrogens with zero attached hydrogens (tertiary/aromatic N) is 3. The molecule has 0 unspecified atom stereocenters. The molecular formula is C26H28FN5. The monoisotopic (exact) mass is 429 g/mol. The first kappa shape index (κ1) is 20.5. The molecule has 0 aliphatic carbocycles. The van der Waals surface area contributed by atoms with Crippen molar-refractivity contribution in [3.05, 3.63) is 83.2 Å². The Balaban J connectivity index is 1.42. The Morgan fingerprint density at radius 1 is 1.00 bits per heavy atom. The molecule has 32 heavy (non-hydrogen) atoms. The van der Waals surface area contributed by atoms with Crippen molar-refractivity contribution in [1.82, 2.24) is 9.97 Å². The van der Waals surface area contributed by atoms with Gasteiger partial charge in [-0.15, -0.1) is 0 Å². The lowest BCUT2D eigenvalue weighted by Gasteiger charge is -2.33. The highest BCUT2D eigenvalue weighted by molar-refractivity contribution is 5.85. The van der Waals surface area contributed by atoms with Gasteiger partial charge in [0.25, 0.3) is 0 Å². The average Bonchev–Trinajstić information content (AvgIpc) is 2.80. The second-order valence-electron chi connectivity index (χ2n) is 8.35. The maximum absolute atomic E-state index is 13.2. The average molecular weight is 430 g/mol. The SMILES string of the molecule is Fc1ccc(CCNc2nc3c4c(n2)N(Cc2ccccc2)CCC4=CCCCN3)cc1. The van der Waals surface area contributed by atoms with Crippen molar-refractivity contribution in [2.75, 3.05) is 35.2 Å². The minimum Gasteiger partial charge on any atom is -0.369 e. The first-order chi connectivity index (χ1) is 15.8. The van der Waals surface area contributed by atoms with E-state index in [0.29, 0.717) is 12.5 Å². The lowest BCUT2D eigenvalue weighted by molar-refractivity contribution is 0.627. The molecule has 3 aromatic rings. The van der Waals surface area contributed by atoms with Crippen LogP contribution < -0.4 is 15.5 Å². The first-order valence-corrected chi connectivity index (χ1v) is 11.4. The van der Waals surface area contributed by atoms with Gasteiger partial charge in [-0.25, -0.2) is 4.39 Å². The quantitative estimate of drug-likeness (QED) is 0.559. The second-order valence-corrected chi connectivity index (χ2v) is 8.35. The molecule has 2 N–H and O–H groups in total. The van der Waals surface area contributed by atoms with Gasteiger partial charge in [0.15, 0.2) is 0 Å². The van der Waals surface area contributed by atoms with Crippen molar-refractivity contribution in [1.29, 1.82) is 0 Å². The first-order valence-electron chi connectivity index (χ1n) is 11.4. The van der Waals surface area contributed by atoms with E-state index in [1.807, 2.05) is 18.2 Å². The van der Waals surface area contributed by atoms with E-state index in [2.05, 4.69) is 45.9 Å². The van der Waals surface area contributed by atoms with Crippen molar-refractivity contribution in [2.24, 2.45) is 0 Å². The largest absolute Gasteiger partial charge is 0.369 e. The van der Waals surface area contributed by atoms with Gasteiger partial charge in [-0.2, -0.15) is 9.97 Å². The zero-order valence-corrected chi connectivity index (χ0v) is 18.1. The third-order valence-corrected chi connectivity index (χ3v) is 6.05. The highest BCUT2D eigenvalue weighted by Crippen LogP contribution is 2.40. The maximum Gasteiger partial charge on any atom is 0.226 e. The zero-order valence-electron chi connectivity index (χ0n) is 18.1. The van der Waals surface area contributed by atoms with E-state index in [9.17, 15) is 4.39 Å². The van der Waals surface area contributed by atoms with Crippen LogP contribution in [0.4, 0.5) is 22.0 Å². The normalized spacial score (nSPS) is 15.2. The molecule has 0 bridgehead atoms. The molecule has 6 heteroatoms. The number of halogens is 1.